The summed E-state index contributed by atoms with van der Waals surface area (Å²) in [5, 5.41) is 4.52. The highest BCUT2D eigenvalue weighted by molar-refractivity contribution is 5.21. The van der Waals surface area contributed by atoms with Crippen LogP contribution >= 0.6 is 0 Å². The maximum Gasteiger partial charge on any atom is 0.267 e. The second-order valence-corrected chi connectivity index (χ2v) is 5.32. The molecule has 0 unspecified atom stereocenters. The molecule has 0 radical (unpaired) electrons. The molecular formula is C15H17N3O. The van der Waals surface area contributed by atoms with Crippen molar-refractivity contribution in [1.29, 1.82) is 0 Å². The highest BCUT2D eigenvalue weighted by atomic mass is 16.1. The van der Waals surface area contributed by atoms with E-state index in [2.05, 4.69) is 17.0 Å². The predicted octanol–water partition coefficient (Wildman–Crippen LogP) is 1.81. The molecule has 0 spiro atoms. The Kier molecular flexibility index (Phi) is 3.15. The molecule has 3 rings (SSSR count). The molecule has 2 aromatic heterocycles. The molecule has 4 nitrogen and oxygen atoms in total. The Morgan fingerprint density at radius 3 is 3.16 bits per heavy atom. The number of fused-ring (bicyclic) bond motifs is 1. The van der Waals surface area contributed by atoms with Crippen LogP contribution in [0.2, 0.25) is 0 Å². The molecule has 19 heavy (non-hydrogen) atoms. The number of aromatic nitrogens is 3. The molecule has 98 valence electrons. The number of hydrogen-bond acceptors (Lipinski definition) is 3. The monoisotopic (exact) mass is 255 g/mol. The van der Waals surface area contributed by atoms with E-state index < -0.39 is 0 Å². The van der Waals surface area contributed by atoms with Crippen molar-refractivity contribution in [2.45, 2.75) is 32.7 Å². The molecule has 0 saturated carbocycles. The molecule has 0 N–H and O–H groups in total. The maximum absolute atomic E-state index is 12.1. The SMILES string of the molecule is C[C@H]1CCc2nn(Cc3cccnc3)c(=O)cc2C1. The van der Waals surface area contributed by atoms with E-state index in [9.17, 15) is 4.79 Å². The van der Waals surface area contributed by atoms with Gasteiger partial charge in [-0.25, -0.2) is 4.68 Å². The molecular weight excluding hydrogens is 238 g/mol. The van der Waals surface area contributed by atoms with Crippen molar-refractivity contribution in [2.24, 2.45) is 5.92 Å². The van der Waals surface area contributed by atoms with Gasteiger partial charge in [0.05, 0.1) is 12.2 Å². The van der Waals surface area contributed by atoms with Crippen molar-refractivity contribution in [3.63, 3.8) is 0 Å². The first-order valence-corrected chi connectivity index (χ1v) is 6.71. The van der Waals surface area contributed by atoms with Crippen molar-refractivity contribution in [3.05, 3.63) is 57.8 Å². The molecule has 0 bridgehead atoms. The van der Waals surface area contributed by atoms with Crippen LogP contribution in [0.4, 0.5) is 0 Å². The summed E-state index contributed by atoms with van der Waals surface area (Å²) in [6, 6.07) is 5.59. The van der Waals surface area contributed by atoms with E-state index in [4.69, 9.17) is 0 Å². The molecule has 2 aromatic rings. The normalized spacial score (nSPS) is 18.1. The van der Waals surface area contributed by atoms with Gasteiger partial charge in [-0.05, 0) is 42.4 Å². The van der Waals surface area contributed by atoms with E-state index in [-0.39, 0.29) is 5.56 Å². The topological polar surface area (TPSA) is 47.8 Å². The van der Waals surface area contributed by atoms with Crippen LogP contribution in [0.1, 0.15) is 30.2 Å². The second kappa shape index (κ2) is 4.96. The van der Waals surface area contributed by atoms with Crippen molar-refractivity contribution in [2.75, 3.05) is 0 Å². The van der Waals surface area contributed by atoms with Crippen LogP contribution in [0.15, 0.2) is 35.4 Å². The fourth-order valence-electron chi connectivity index (χ4n) is 2.59. The molecule has 0 aromatic carbocycles. The quantitative estimate of drug-likeness (QED) is 0.822. The average molecular weight is 255 g/mol. The second-order valence-electron chi connectivity index (χ2n) is 5.32. The van der Waals surface area contributed by atoms with Crippen LogP contribution in [0.25, 0.3) is 0 Å². The Bertz CT molecular complexity index is 634. The zero-order valence-corrected chi connectivity index (χ0v) is 11.0. The molecule has 0 saturated heterocycles. The Morgan fingerprint density at radius 1 is 1.47 bits per heavy atom. The predicted molar refractivity (Wildman–Crippen MR) is 73.0 cm³/mol. The largest absolute Gasteiger partial charge is 0.268 e. The first-order chi connectivity index (χ1) is 9.22. The van der Waals surface area contributed by atoms with Gasteiger partial charge in [0.25, 0.3) is 5.56 Å². The van der Waals surface area contributed by atoms with Gasteiger partial charge < -0.3 is 0 Å². The summed E-state index contributed by atoms with van der Waals surface area (Å²) in [5.74, 6) is 0.655. The van der Waals surface area contributed by atoms with Crippen molar-refractivity contribution in [3.8, 4) is 0 Å². The van der Waals surface area contributed by atoms with Crippen LogP contribution in [-0.4, -0.2) is 14.8 Å². The van der Waals surface area contributed by atoms with Gasteiger partial charge in [0.15, 0.2) is 0 Å². The number of rotatable bonds is 2. The molecule has 1 aliphatic rings. The van der Waals surface area contributed by atoms with Gasteiger partial charge in [-0.15, -0.1) is 0 Å². The lowest BCUT2D eigenvalue weighted by molar-refractivity contribution is 0.475. The lowest BCUT2D eigenvalue weighted by atomic mass is 9.88. The van der Waals surface area contributed by atoms with E-state index in [1.54, 1.807) is 23.1 Å². The number of hydrogen-bond donors (Lipinski definition) is 0. The Labute approximate surface area is 112 Å². The van der Waals surface area contributed by atoms with Gasteiger partial charge in [-0.1, -0.05) is 13.0 Å². The maximum atomic E-state index is 12.1. The molecule has 4 heteroatoms. The summed E-state index contributed by atoms with van der Waals surface area (Å²) in [6.07, 6.45) is 6.61. The van der Waals surface area contributed by atoms with E-state index in [0.29, 0.717) is 12.5 Å². The third-order valence-corrected chi connectivity index (χ3v) is 3.66. The van der Waals surface area contributed by atoms with Gasteiger partial charge in [0, 0.05) is 18.5 Å². The Hall–Kier alpha value is -1.97. The zero-order valence-electron chi connectivity index (χ0n) is 11.0. The van der Waals surface area contributed by atoms with E-state index in [1.807, 2.05) is 12.1 Å². The number of nitrogens with zero attached hydrogens (tertiary/aromatic N) is 3. The van der Waals surface area contributed by atoms with Crippen LogP contribution in [0.5, 0.6) is 0 Å². The minimum absolute atomic E-state index is 0.0169. The van der Waals surface area contributed by atoms with E-state index in [1.165, 1.54) is 0 Å². The zero-order chi connectivity index (χ0) is 13.2. The molecule has 0 fully saturated rings. The molecule has 0 aliphatic heterocycles. The van der Waals surface area contributed by atoms with Crippen LogP contribution in [0, 0.1) is 5.92 Å². The van der Waals surface area contributed by atoms with Crippen molar-refractivity contribution < 1.29 is 0 Å². The smallest absolute Gasteiger partial charge is 0.267 e. The lowest BCUT2D eigenvalue weighted by Gasteiger charge is -2.20. The Morgan fingerprint density at radius 2 is 2.37 bits per heavy atom. The van der Waals surface area contributed by atoms with E-state index in [0.717, 1.165) is 36.1 Å². The third kappa shape index (κ3) is 2.57. The third-order valence-electron chi connectivity index (χ3n) is 3.66. The van der Waals surface area contributed by atoms with Gasteiger partial charge in [-0.2, -0.15) is 5.10 Å². The Balaban J connectivity index is 1.93. The summed E-state index contributed by atoms with van der Waals surface area (Å²) >= 11 is 0. The minimum atomic E-state index is -0.0169. The lowest BCUT2D eigenvalue weighted by Crippen LogP contribution is -2.28. The summed E-state index contributed by atoms with van der Waals surface area (Å²) in [7, 11) is 0. The minimum Gasteiger partial charge on any atom is -0.268 e. The fourth-order valence-corrected chi connectivity index (χ4v) is 2.59. The van der Waals surface area contributed by atoms with Gasteiger partial charge >= 0.3 is 0 Å². The summed E-state index contributed by atoms with van der Waals surface area (Å²) in [5.41, 5.74) is 3.20. The summed E-state index contributed by atoms with van der Waals surface area (Å²) in [4.78, 5) is 16.1. The van der Waals surface area contributed by atoms with Gasteiger partial charge in [-0.3, -0.25) is 9.78 Å². The van der Waals surface area contributed by atoms with Crippen LogP contribution in [0.3, 0.4) is 0 Å². The number of aryl methyl sites for hydroxylation is 1. The van der Waals surface area contributed by atoms with Crippen molar-refractivity contribution in [1.82, 2.24) is 14.8 Å². The molecule has 2 heterocycles. The summed E-state index contributed by atoms with van der Waals surface area (Å²) in [6.45, 7) is 2.72. The first-order valence-electron chi connectivity index (χ1n) is 6.71. The van der Waals surface area contributed by atoms with E-state index >= 15 is 0 Å². The summed E-state index contributed by atoms with van der Waals surface area (Å²) < 4.78 is 1.55. The highest BCUT2D eigenvalue weighted by Gasteiger charge is 2.18. The van der Waals surface area contributed by atoms with Gasteiger partial charge in [0.1, 0.15) is 0 Å². The van der Waals surface area contributed by atoms with Crippen LogP contribution < -0.4 is 5.56 Å². The highest BCUT2D eigenvalue weighted by Crippen LogP contribution is 2.22. The standard InChI is InChI=1S/C15H17N3O/c1-11-4-5-14-13(7-11)8-15(19)18(17-14)10-12-3-2-6-16-9-12/h2-3,6,8-9,11H,4-5,7,10H2,1H3/t11-/m0/s1. The van der Waals surface area contributed by atoms with Crippen LogP contribution in [-0.2, 0) is 19.4 Å². The number of pyridine rings is 1. The van der Waals surface area contributed by atoms with Gasteiger partial charge in [0.2, 0.25) is 0 Å². The van der Waals surface area contributed by atoms with Crippen molar-refractivity contribution >= 4 is 0 Å². The molecule has 1 atom stereocenters. The molecule has 1 aliphatic carbocycles. The fraction of sp³-hybridized carbons (Fsp3) is 0.400. The molecule has 0 amide bonds. The first kappa shape index (κ1) is 12.1. The average Bonchev–Trinajstić information content (AvgIpc) is 2.41.